The van der Waals surface area contributed by atoms with Crippen LogP contribution in [-0.2, 0) is 40.3 Å². The van der Waals surface area contributed by atoms with Gasteiger partial charge in [0, 0.05) is 78.3 Å². The zero-order valence-corrected chi connectivity index (χ0v) is 69.7. The number of aliphatic hydroxyl groups is 2. The fourth-order valence-electron chi connectivity index (χ4n) is 22.1. The van der Waals surface area contributed by atoms with E-state index in [1.54, 1.807) is 14.2 Å². The molecule has 121 heavy (non-hydrogen) atoms. The van der Waals surface area contributed by atoms with E-state index >= 15 is 0 Å². The number of fused-ring (bicyclic) bond motifs is 22. The maximum atomic E-state index is 11.8. The molecular formula is C113H92N4O4. The summed E-state index contributed by atoms with van der Waals surface area (Å²) in [6.45, 7) is 18.5. The van der Waals surface area contributed by atoms with Crippen molar-refractivity contribution in [1.82, 2.24) is 0 Å². The molecule has 6 aliphatic rings. The minimum Gasteiger partial charge on any atom is -0.495 e. The van der Waals surface area contributed by atoms with E-state index in [9.17, 15) is 10.2 Å². The third-order valence-corrected chi connectivity index (χ3v) is 28.0. The van der Waals surface area contributed by atoms with E-state index in [2.05, 4.69) is 403 Å². The molecule has 0 saturated carbocycles. The lowest BCUT2D eigenvalue weighted by molar-refractivity contribution is 0.282. The van der Waals surface area contributed by atoms with Crippen molar-refractivity contribution in [2.75, 3.05) is 33.8 Å². The Balaban J connectivity index is 0.854. The molecule has 16 aromatic rings. The molecule has 0 bridgehead atoms. The highest BCUT2D eigenvalue weighted by Gasteiger charge is 2.54. The number of benzene rings is 16. The Morgan fingerprint density at radius 1 is 0.207 bits per heavy atom. The molecule has 0 atom stereocenters. The van der Waals surface area contributed by atoms with E-state index in [1.165, 1.54) is 89.0 Å². The number of hydrogen-bond acceptors (Lipinski definition) is 8. The van der Waals surface area contributed by atoms with Crippen LogP contribution in [-0.4, -0.2) is 24.4 Å². The first-order valence-corrected chi connectivity index (χ1v) is 42.3. The van der Waals surface area contributed by atoms with Gasteiger partial charge in [0.25, 0.3) is 0 Å². The lowest BCUT2D eigenvalue weighted by Gasteiger charge is -2.35. The molecule has 0 aromatic heterocycles. The highest BCUT2D eigenvalue weighted by molar-refractivity contribution is 6.02. The summed E-state index contributed by atoms with van der Waals surface area (Å²) in [5.41, 5.74) is 39.3. The Labute approximate surface area is 708 Å². The lowest BCUT2D eigenvalue weighted by Crippen LogP contribution is -2.27. The van der Waals surface area contributed by atoms with E-state index in [0.717, 1.165) is 135 Å². The SMILES string of the molecule is COc1ccccc1N(c1ccc2c(c1)C(C)(C)c1ccccc1-2)c1ccc2c(c1)C1(c3cc(N(c4ccc5c(c4)C(C)(C)c4ccccc4-5)c4ccccc4CO)ccc3-2)c2cc(N(c3ccc4c(c3)C(C)(C)c3ccccc3-4)c3ccccc3CO)ccc2-c2ccc(N(c3ccc4c(c3)C(C)(C)c3ccccc3-4)c3ccccc3OC)cc21. The van der Waals surface area contributed by atoms with E-state index in [0.29, 0.717) is 0 Å². The normalized spacial score (nSPS) is 14.8. The van der Waals surface area contributed by atoms with Gasteiger partial charge >= 0.3 is 0 Å². The summed E-state index contributed by atoms with van der Waals surface area (Å²) < 4.78 is 13.0. The number of anilines is 12. The van der Waals surface area contributed by atoms with Crippen LogP contribution in [0.4, 0.5) is 68.2 Å². The first kappa shape index (κ1) is 73.6. The lowest BCUT2D eigenvalue weighted by atomic mass is 9.70. The van der Waals surface area contributed by atoms with Gasteiger partial charge in [-0.3, -0.25) is 0 Å². The molecule has 0 radical (unpaired) electrons. The van der Waals surface area contributed by atoms with Crippen LogP contribution >= 0.6 is 0 Å². The highest BCUT2D eigenvalue weighted by atomic mass is 16.5. The van der Waals surface area contributed by atoms with Crippen LogP contribution in [0.3, 0.4) is 0 Å². The zero-order chi connectivity index (χ0) is 82.3. The molecule has 22 rings (SSSR count). The van der Waals surface area contributed by atoms with Gasteiger partial charge in [0.1, 0.15) is 11.5 Å². The number of ether oxygens (including phenoxy) is 2. The average Bonchev–Trinajstić information content (AvgIpc) is 1.50. The Bertz CT molecular complexity index is 6200. The summed E-state index contributed by atoms with van der Waals surface area (Å²) in [6.07, 6.45) is 0. The molecule has 0 fully saturated rings. The van der Waals surface area contributed by atoms with Crippen LogP contribution in [0, 0.1) is 0 Å². The molecule has 8 heteroatoms. The van der Waals surface area contributed by atoms with Crippen LogP contribution in [0.15, 0.2) is 340 Å². The predicted octanol–water partition coefficient (Wildman–Crippen LogP) is 28.1. The number of aliphatic hydroxyl groups excluding tert-OH is 2. The maximum Gasteiger partial charge on any atom is 0.142 e. The minimum absolute atomic E-state index is 0.177. The van der Waals surface area contributed by atoms with Crippen molar-refractivity contribution in [3.8, 4) is 78.3 Å². The van der Waals surface area contributed by atoms with E-state index in [1.807, 2.05) is 12.1 Å². The van der Waals surface area contributed by atoms with Gasteiger partial charge in [0.05, 0.1) is 55.6 Å². The minimum atomic E-state index is -1.15. The molecule has 6 aliphatic carbocycles. The summed E-state index contributed by atoms with van der Waals surface area (Å²) >= 11 is 0. The van der Waals surface area contributed by atoms with Gasteiger partial charge in [-0.25, -0.2) is 0 Å². The quantitative estimate of drug-likeness (QED) is 0.0992. The van der Waals surface area contributed by atoms with Gasteiger partial charge < -0.3 is 39.3 Å². The molecular weight excluding hydrogens is 1480 g/mol. The fraction of sp³-hybridized carbons (Fsp3) is 0.150. The van der Waals surface area contributed by atoms with Crippen LogP contribution in [0.2, 0.25) is 0 Å². The molecule has 0 unspecified atom stereocenters. The van der Waals surface area contributed by atoms with Crippen molar-refractivity contribution in [1.29, 1.82) is 0 Å². The largest absolute Gasteiger partial charge is 0.495 e. The monoisotopic (exact) mass is 1570 g/mol. The average molecular weight is 1570 g/mol. The van der Waals surface area contributed by atoms with E-state index in [-0.39, 0.29) is 34.9 Å². The number of rotatable bonds is 16. The second kappa shape index (κ2) is 27.1. The number of para-hydroxylation sites is 6. The molecule has 8 nitrogen and oxygen atoms in total. The van der Waals surface area contributed by atoms with Gasteiger partial charge in [-0.15, -0.1) is 0 Å². The van der Waals surface area contributed by atoms with Gasteiger partial charge in [-0.05, 0) is 267 Å². The smallest absolute Gasteiger partial charge is 0.142 e. The summed E-state index contributed by atoms with van der Waals surface area (Å²) in [5.74, 6) is 1.47. The van der Waals surface area contributed by atoms with Crippen molar-refractivity contribution >= 4 is 68.2 Å². The van der Waals surface area contributed by atoms with Crippen LogP contribution in [0.25, 0.3) is 66.8 Å². The molecule has 0 amide bonds. The van der Waals surface area contributed by atoms with Crippen LogP contribution in [0.5, 0.6) is 11.5 Å². The Hall–Kier alpha value is -13.8. The standard InChI is InChI=1S/C113H92N4O4/c1-109(2)91-33-17-13-29-79(91)83-51-43-71(59-95(83)109)114(103-37-21-11-27-69(103)67-118)75-47-55-87-89-57-49-77(116(105-39-23-25-41-107(105)120-9)73-45-53-85-81-31-15-19-35-93(81)111(5,6)97(85)61-73)65-101(89)113(99(87)63-75)100-64-76(115(104-38-22-12-28-70(104)68-119)72-44-52-84-80-30-14-18-34-92(80)110(3,4)96(84)60-72)48-56-88(100)90-58-50-78(66-102(90)113)117(106-40-24-26-42-108(106)121-10)74-46-54-86-82-32-16-20-36-94(82)112(7,8)98(86)62-74/h11-66,118-119H,67-68H2,1-10H3. The van der Waals surface area contributed by atoms with Crippen molar-refractivity contribution in [2.45, 2.75) is 95.7 Å². The number of hydrogen-bond donors (Lipinski definition) is 2. The van der Waals surface area contributed by atoms with Crippen LogP contribution in [0.1, 0.15) is 133 Å². The second-order valence-electron chi connectivity index (χ2n) is 35.5. The molecule has 0 aliphatic heterocycles. The first-order valence-electron chi connectivity index (χ1n) is 42.3. The van der Waals surface area contributed by atoms with Gasteiger partial charge in [0.15, 0.2) is 0 Å². The second-order valence-corrected chi connectivity index (χ2v) is 35.5. The third-order valence-electron chi connectivity index (χ3n) is 28.0. The van der Waals surface area contributed by atoms with Crippen LogP contribution < -0.4 is 29.1 Å². The molecule has 16 aromatic carbocycles. The molecule has 0 saturated heterocycles. The molecule has 588 valence electrons. The molecule has 2 N–H and O–H groups in total. The van der Waals surface area contributed by atoms with E-state index in [4.69, 9.17) is 9.47 Å². The molecule has 1 spiro atoms. The third kappa shape index (κ3) is 10.6. The van der Waals surface area contributed by atoms with E-state index < -0.39 is 5.41 Å². The summed E-state index contributed by atoms with van der Waals surface area (Å²) in [6, 6.07) is 126. The van der Waals surface area contributed by atoms with Crippen molar-refractivity contribution < 1.29 is 19.7 Å². The maximum absolute atomic E-state index is 11.8. The van der Waals surface area contributed by atoms with Gasteiger partial charge in [-0.1, -0.05) is 262 Å². The summed E-state index contributed by atoms with van der Waals surface area (Å²) in [7, 11) is 3.55. The Morgan fingerprint density at radius 3 is 0.645 bits per heavy atom. The Morgan fingerprint density at radius 2 is 0.397 bits per heavy atom. The zero-order valence-electron chi connectivity index (χ0n) is 69.7. The predicted molar refractivity (Wildman–Crippen MR) is 497 cm³/mol. The van der Waals surface area contributed by atoms with Crippen molar-refractivity contribution in [3.63, 3.8) is 0 Å². The molecule has 0 heterocycles. The Kier molecular flexibility index (Phi) is 16.5. The van der Waals surface area contributed by atoms with Gasteiger partial charge in [0.2, 0.25) is 0 Å². The summed E-state index contributed by atoms with van der Waals surface area (Å²) in [5, 5.41) is 23.5. The number of nitrogens with zero attached hydrogens (tertiary/aromatic N) is 4. The highest BCUT2D eigenvalue weighted by Crippen LogP contribution is 2.67. The van der Waals surface area contributed by atoms with Crippen molar-refractivity contribution in [3.05, 3.63) is 418 Å². The summed E-state index contributed by atoms with van der Waals surface area (Å²) in [4.78, 5) is 9.63. The topological polar surface area (TPSA) is 71.9 Å². The van der Waals surface area contributed by atoms with Gasteiger partial charge in [-0.2, -0.15) is 0 Å². The fourth-order valence-corrected chi connectivity index (χ4v) is 22.1. The van der Waals surface area contributed by atoms with Crippen molar-refractivity contribution in [2.24, 2.45) is 0 Å². The first-order chi connectivity index (χ1) is 58.9. The number of methoxy groups -OCH3 is 2.